The van der Waals surface area contributed by atoms with E-state index in [0.717, 1.165) is 42.7 Å². The molecule has 2 fully saturated rings. The maximum atomic E-state index is 13.8. The monoisotopic (exact) mass is 478 g/mol. The molecule has 0 aromatic carbocycles. The summed E-state index contributed by atoms with van der Waals surface area (Å²) in [6, 6.07) is -0.356. The molecule has 5 rings (SSSR count). The number of aromatic nitrogens is 6. The van der Waals surface area contributed by atoms with Gasteiger partial charge in [0.15, 0.2) is 17.0 Å². The minimum absolute atomic E-state index is 0.0252. The van der Waals surface area contributed by atoms with Gasteiger partial charge in [0.2, 0.25) is 5.91 Å². The summed E-state index contributed by atoms with van der Waals surface area (Å²) in [4.78, 5) is 38.4. The molecule has 2 aliphatic rings. The number of carbonyl (C=O) groups excluding carboxylic acids is 1. The smallest absolute Gasteiger partial charge is 0.245 e. The van der Waals surface area contributed by atoms with Gasteiger partial charge in [-0.05, 0) is 46.5 Å². The molecule has 3 aromatic heterocycles. The van der Waals surface area contributed by atoms with E-state index in [9.17, 15) is 4.79 Å². The molecule has 0 spiro atoms. The Kier molecular flexibility index (Phi) is 6.64. The van der Waals surface area contributed by atoms with Crippen LogP contribution in [0.15, 0.2) is 18.7 Å². The lowest BCUT2D eigenvalue weighted by molar-refractivity contribution is -0.145. The van der Waals surface area contributed by atoms with E-state index in [4.69, 9.17) is 9.72 Å². The zero-order valence-corrected chi connectivity index (χ0v) is 20.9. The number of amides is 1. The number of imidazole rings is 1. The summed E-state index contributed by atoms with van der Waals surface area (Å²) in [5.74, 6) is 2.42. The third-order valence-corrected chi connectivity index (χ3v) is 7.05. The molecule has 3 atom stereocenters. The van der Waals surface area contributed by atoms with Crippen LogP contribution in [-0.4, -0.2) is 71.6 Å². The first kappa shape index (κ1) is 23.6. The normalized spacial score (nSPS) is 22.0. The summed E-state index contributed by atoms with van der Waals surface area (Å²) in [6.45, 7) is 9.86. The number of hydrogen-bond donors (Lipinski definition) is 1. The molecule has 3 aromatic rings. The second-order valence-electron chi connectivity index (χ2n) is 9.76. The number of fused-ring (bicyclic) bond motifs is 1. The number of anilines is 1. The van der Waals surface area contributed by atoms with Crippen LogP contribution in [0, 0.1) is 12.8 Å². The molecule has 1 aliphatic carbocycles. The van der Waals surface area contributed by atoms with E-state index in [1.807, 2.05) is 30.2 Å². The summed E-state index contributed by atoms with van der Waals surface area (Å²) >= 11 is 0. The highest BCUT2D eigenvalue weighted by Crippen LogP contribution is 2.33. The van der Waals surface area contributed by atoms with Gasteiger partial charge in [-0.1, -0.05) is 12.8 Å². The van der Waals surface area contributed by atoms with Gasteiger partial charge in [-0.2, -0.15) is 0 Å². The predicted octanol–water partition coefficient (Wildman–Crippen LogP) is 3.22. The van der Waals surface area contributed by atoms with Crippen LogP contribution in [-0.2, 0) is 16.1 Å². The van der Waals surface area contributed by atoms with Gasteiger partial charge in [0.1, 0.15) is 24.0 Å². The zero-order chi connectivity index (χ0) is 24.5. The zero-order valence-electron chi connectivity index (χ0n) is 20.9. The lowest BCUT2D eigenvalue weighted by Gasteiger charge is -2.38. The molecule has 10 nitrogen and oxygen atoms in total. The molecule has 186 valence electrons. The fourth-order valence-corrected chi connectivity index (χ4v) is 5.44. The Bertz CT molecular complexity index is 1180. The first-order chi connectivity index (χ1) is 16.9. The number of aryl methyl sites for hydroxylation is 2. The largest absolute Gasteiger partial charge is 0.372 e. The molecule has 35 heavy (non-hydrogen) atoms. The van der Waals surface area contributed by atoms with Crippen molar-refractivity contribution in [2.24, 2.45) is 5.92 Å². The fraction of sp³-hybridized carbons (Fsp3) is 0.600. The summed E-state index contributed by atoms with van der Waals surface area (Å²) in [7, 11) is 0. The van der Waals surface area contributed by atoms with E-state index in [1.54, 1.807) is 18.7 Å². The third-order valence-electron chi connectivity index (χ3n) is 7.05. The van der Waals surface area contributed by atoms with Gasteiger partial charge in [0, 0.05) is 32.0 Å². The quantitative estimate of drug-likeness (QED) is 0.575. The number of morpholine rings is 1. The minimum atomic E-state index is -0.356. The Hall–Kier alpha value is -3.14. The van der Waals surface area contributed by atoms with Crippen LogP contribution in [0.2, 0.25) is 0 Å². The average molecular weight is 479 g/mol. The lowest BCUT2D eigenvalue weighted by atomic mass is 9.96. The van der Waals surface area contributed by atoms with E-state index < -0.39 is 0 Å². The highest BCUT2D eigenvalue weighted by Gasteiger charge is 2.37. The second-order valence-corrected chi connectivity index (χ2v) is 9.76. The van der Waals surface area contributed by atoms with Crippen LogP contribution >= 0.6 is 0 Å². The van der Waals surface area contributed by atoms with Crippen molar-refractivity contribution in [3.8, 4) is 11.4 Å². The standard InChI is InChI=1S/C25H34N8O2/c1-5-33-23(19-10-26-17(4)27-11-19)31-21-22(28-14-29-24(21)33)30-20(18-8-6-7-9-18)25(34)32-12-15(2)35-16(3)13-32/h10-11,14-16,18,20H,5-9,12-13H2,1-4H3,(H,28,29,30)/t15-,16+,20?. The average Bonchev–Trinajstić information content (AvgIpc) is 3.50. The first-order valence-electron chi connectivity index (χ1n) is 12.7. The Morgan fingerprint density at radius 1 is 1.11 bits per heavy atom. The SMILES string of the molecule is CCn1c(-c2cnc(C)nc2)nc2c(NC(C(=O)N3C[C@@H](C)O[C@@H](C)C3)C3CCCC3)ncnc21. The molecule has 1 saturated heterocycles. The molecule has 1 unspecified atom stereocenters. The Labute approximate surface area is 205 Å². The molecule has 1 N–H and O–H groups in total. The van der Waals surface area contributed by atoms with Crippen LogP contribution in [0.5, 0.6) is 0 Å². The van der Waals surface area contributed by atoms with E-state index >= 15 is 0 Å². The summed E-state index contributed by atoms with van der Waals surface area (Å²) in [6.07, 6.45) is 9.51. The summed E-state index contributed by atoms with van der Waals surface area (Å²) in [5.41, 5.74) is 2.21. The first-order valence-corrected chi connectivity index (χ1v) is 12.7. The number of ether oxygens (including phenoxy) is 1. The summed E-state index contributed by atoms with van der Waals surface area (Å²) in [5, 5.41) is 3.53. The fourth-order valence-electron chi connectivity index (χ4n) is 5.44. The van der Waals surface area contributed by atoms with E-state index in [2.05, 4.69) is 32.2 Å². The van der Waals surface area contributed by atoms with Gasteiger partial charge in [-0.25, -0.2) is 24.9 Å². The number of nitrogens with zero attached hydrogens (tertiary/aromatic N) is 7. The van der Waals surface area contributed by atoms with Gasteiger partial charge in [0.05, 0.1) is 17.8 Å². The van der Waals surface area contributed by atoms with Crippen molar-refractivity contribution in [1.82, 2.24) is 34.4 Å². The van der Waals surface area contributed by atoms with E-state index in [1.165, 1.54) is 0 Å². The maximum Gasteiger partial charge on any atom is 0.245 e. The second kappa shape index (κ2) is 9.85. The van der Waals surface area contributed by atoms with Crippen molar-refractivity contribution >= 4 is 22.9 Å². The Balaban J connectivity index is 1.51. The summed E-state index contributed by atoms with van der Waals surface area (Å²) < 4.78 is 7.90. The molecule has 1 saturated carbocycles. The van der Waals surface area contributed by atoms with Gasteiger partial charge in [-0.15, -0.1) is 0 Å². The molecule has 0 bridgehead atoms. The molecular weight excluding hydrogens is 444 g/mol. The molecule has 1 aliphatic heterocycles. The van der Waals surface area contributed by atoms with Crippen LogP contribution < -0.4 is 5.32 Å². The van der Waals surface area contributed by atoms with Crippen molar-refractivity contribution in [1.29, 1.82) is 0 Å². The van der Waals surface area contributed by atoms with Gasteiger partial charge in [0.25, 0.3) is 0 Å². The molecule has 0 radical (unpaired) electrons. The van der Waals surface area contributed by atoms with E-state index in [-0.39, 0.29) is 30.1 Å². The highest BCUT2D eigenvalue weighted by atomic mass is 16.5. The molecular formula is C25H34N8O2. The third kappa shape index (κ3) is 4.71. The van der Waals surface area contributed by atoms with Crippen molar-refractivity contribution in [2.75, 3.05) is 18.4 Å². The van der Waals surface area contributed by atoms with Crippen molar-refractivity contribution in [3.63, 3.8) is 0 Å². The van der Waals surface area contributed by atoms with Crippen LogP contribution in [0.3, 0.4) is 0 Å². The van der Waals surface area contributed by atoms with Crippen LogP contribution in [0.25, 0.3) is 22.6 Å². The van der Waals surface area contributed by atoms with Crippen molar-refractivity contribution in [3.05, 3.63) is 24.5 Å². The lowest BCUT2D eigenvalue weighted by Crippen LogP contribution is -2.54. The minimum Gasteiger partial charge on any atom is -0.372 e. The molecule has 10 heteroatoms. The highest BCUT2D eigenvalue weighted by molar-refractivity contribution is 5.90. The van der Waals surface area contributed by atoms with Crippen molar-refractivity contribution in [2.45, 2.75) is 78.2 Å². The van der Waals surface area contributed by atoms with Crippen LogP contribution in [0.4, 0.5) is 5.82 Å². The van der Waals surface area contributed by atoms with Gasteiger partial charge in [-0.3, -0.25) is 4.79 Å². The van der Waals surface area contributed by atoms with Gasteiger partial charge >= 0.3 is 0 Å². The number of nitrogens with one attached hydrogen (secondary N) is 1. The van der Waals surface area contributed by atoms with Crippen molar-refractivity contribution < 1.29 is 9.53 Å². The topological polar surface area (TPSA) is 111 Å². The predicted molar refractivity (Wildman–Crippen MR) is 133 cm³/mol. The van der Waals surface area contributed by atoms with Gasteiger partial charge < -0.3 is 19.5 Å². The maximum absolute atomic E-state index is 13.8. The number of carbonyl (C=O) groups is 1. The Morgan fingerprint density at radius 3 is 2.46 bits per heavy atom. The number of rotatable bonds is 6. The van der Waals surface area contributed by atoms with Crippen LogP contribution in [0.1, 0.15) is 52.3 Å². The number of hydrogen-bond acceptors (Lipinski definition) is 8. The Morgan fingerprint density at radius 2 is 1.80 bits per heavy atom. The van der Waals surface area contributed by atoms with E-state index in [0.29, 0.717) is 36.8 Å². The molecule has 1 amide bonds. The molecule has 4 heterocycles.